The lowest BCUT2D eigenvalue weighted by atomic mass is 10.1. The number of hydrogen-bond donors (Lipinski definition) is 1. The van der Waals surface area contributed by atoms with Crippen molar-refractivity contribution in [2.75, 3.05) is 19.1 Å². The van der Waals surface area contributed by atoms with Crippen molar-refractivity contribution in [2.24, 2.45) is 5.73 Å². The molecule has 19 heavy (non-hydrogen) atoms. The van der Waals surface area contributed by atoms with Gasteiger partial charge in [-0.1, -0.05) is 23.8 Å². The topological polar surface area (TPSA) is 38.5 Å². The predicted molar refractivity (Wildman–Crippen MR) is 80.1 cm³/mol. The summed E-state index contributed by atoms with van der Waals surface area (Å²) in [5.74, 6) is 0.853. The van der Waals surface area contributed by atoms with E-state index in [0.29, 0.717) is 6.54 Å². The van der Waals surface area contributed by atoms with E-state index in [9.17, 15) is 0 Å². The number of rotatable bonds is 4. The van der Waals surface area contributed by atoms with Gasteiger partial charge in [-0.05, 0) is 30.7 Å². The number of hydrogen-bond acceptors (Lipinski definition) is 3. The molecular formula is C16H20N2O. The maximum atomic E-state index is 5.84. The average molecular weight is 256 g/mol. The minimum absolute atomic E-state index is 0.533. The maximum Gasteiger partial charge on any atom is 0.120 e. The van der Waals surface area contributed by atoms with E-state index in [1.165, 1.54) is 5.56 Å². The van der Waals surface area contributed by atoms with Gasteiger partial charge in [-0.2, -0.15) is 0 Å². The van der Waals surface area contributed by atoms with Gasteiger partial charge < -0.3 is 15.4 Å². The molecular weight excluding hydrogens is 236 g/mol. The maximum absolute atomic E-state index is 5.84. The molecule has 0 atom stereocenters. The highest BCUT2D eigenvalue weighted by Gasteiger charge is 2.09. The molecule has 0 aliphatic heterocycles. The molecule has 100 valence electrons. The zero-order chi connectivity index (χ0) is 13.8. The summed E-state index contributed by atoms with van der Waals surface area (Å²) in [6.07, 6.45) is 0. The van der Waals surface area contributed by atoms with Crippen LogP contribution in [0.2, 0.25) is 0 Å². The largest absolute Gasteiger partial charge is 0.497 e. The van der Waals surface area contributed by atoms with Gasteiger partial charge in [0.05, 0.1) is 7.11 Å². The Hall–Kier alpha value is -2.00. The van der Waals surface area contributed by atoms with Gasteiger partial charge in [0.2, 0.25) is 0 Å². The summed E-state index contributed by atoms with van der Waals surface area (Å²) in [5.41, 5.74) is 10.4. The molecule has 0 aliphatic rings. The third-order valence-corrected chi connectivity index (χ3v) is 3.26. The van der Waals surface area contributed by atoms with Gasteiger partial charge in [0.25, 0.3) is 0 Å². The Balaban J connectivity index is 2.40. The average Bonchev–Trinajstić information content (AvgIpc) is 2.46. The molecule has 0 aromatic heterocycles. The highest BCUT2D eigenvalue weighted by atomic mass is 16.5. The van der Waals surface area contributed by atoms with Crippen LogP contribution in [0.25, 0.3) is 0 Å². The lowest BCUT2D eigenvalue weighted by molar-refractivity contribution is 0.415. The van der Waals surface area contributed by atoms with Crippen LogP contribution in [0.15, 0.2) is 42.5 Å². The molecule has 0 fully saturated rings. The lowest BCUT2D eigenvalue weighted by Gasteiger charge is -2.23. The Morgan fingerprint density at radius 1 is 1.16 bits per heavy atom. The van der Waals surface area contributed by atoms with E-state index in [2.05, 4.69) is 36.1 Å². The molecule has 2 aromatic rings. The molecule has 0 spiro atoms. The van der Waals surface area contributed by atoms with Gasteiger partial charge in [0.15, 0.2) is 0 Å². The number of anilines is 2. The first-order chi connectivity index (χ1) is 9.15. The quantitative estimate of drug-likeness (QED) is 0.912. The molecule has 0 saturated carbocycles. The van der Waals surface area contributed by atoms with Crippen LogP contribution < -0.4 is 15.4 Å². The van der Waals surface area contributed by atoms with Crippen LogP contribution >= 0.6 is 0 Å². The van der Waals surface area contributed by atoms with Crippen molar-refractivity contribution >= 4 is 11.4 Å². The second kappa shape index (κ2) is 5.76. The summed E-state index contributed by atoms with van der Waals surface area (Å²) >= 11 is 0. The molecule has 0 heterocycles. The van der Waals surface area contributed by atoms with E-state index < -0.39 is 0 Å². The molecule has 0 bridgehead atoms. The monoisotopic (exact) mass is 256 g/mol. The molecule has 3 heteroatoms. The third kappa shape index (κ3) is 2.88. The van der Waals surface area contributed by atoms with Crippen LogP contribution in [0, 0.1) is 6.92 Å². The Bertz CT molecular complexity index is 566. The fraction of sp³-hybridized carbons (Fsp3) is 0.250. The Morgan fingerprint density at radius 3 is 2.63 bits per heavy atom. The highest BCUT2D eigenvalue weighted by molar-refractivity contribution is 5.67. The standard InChI is InChI=1S/C16H20N2O/c1-12-7-8-16(13(9-12)11-17)18(2)14-5-4-6-15(10-14)19-3/h4-10H,11,17H2,1-3H3. The van der Waals surface area contributed by atoms with E-state index in [4.69, 9.17) is 10.5 Å². The first-order valence-corrected chi connectivity index (χ1v) is 6.33. The number of ether oxygens (including phenoxy) is 1. The molecule has 3 nitrogen and oxygen atoms in total. The van der Waals surface area contributed by atoms with E-state index in [-0.39, 0.29) is 0 Å². The summed E-state index contributed by atoms with van der Waals surface area (Å²) in [5, 5.41) is 0. The second-order valence-corrected chi connectivity index (χ2v) is 4.60. The molecule has 2 N–H and O–H groups in total. The molecule has 2 rings (SSSR count). The zero-order valence-electron chi connectivity index (χ0n) is 11.7. The van der Waals surface area contributed by atoms with Gasteiger partial charge in [-0.25, -0.2) is 0 Å². The Morgan fingerprint density at radius 2 is 1.95 bits per heavy atom. The molecule has 2 aromatic carbocycles. The van der Waals surface area contributed by atoms with E-state index >= 15 is 0 Å². The van der Waals surface area contributed by atoms with E-state index in [1.54, 1.807) is 7.11 Å². The number of methoxy groups -OCH3 is 1. The third-order valence-electron chi connectivity index (χ3n) is 3.26. The van der Waals surface area contributed by atoms with Gasteiger partial charge in [0, 0.05) is 31.0 Å². The predicted octanol–water partition coefficient (Wildman–Crippen LogP) is 3.23. The first kappa shape index (κ1) is 13.4. The van der Waals surface area contributed by atoms with Crippen LogP contribution in [-0.2, 0) is 6.54 Å². The number of nitrogens with zero attached hydrogens (tertiary/aromatic N) is 1. The highest BCUT2D eigenvalue weighted by Crippen LogP contribution is 2.29. The van der Waals surface area contributed by atoms with Crippen molar-refractivity contribution in [3.05, 3.63) is 53.6 Å². The molecule has 0 saturated heterocycles. The van der Waals surface area contributed by atoms with Crippen molar-refractivity contribution < 1.29 is 4.74 Å². The fourth-order valence-corrected chi connectivity index (χ4v) is 2.16. The van der Waals surface area contributed by atoms with Crippen molar-refractivity contribution in [1.82, 2.24) is 0 Å². The van der Waals surface area contributed by atoms with Crippen LogP contribution in [0.4, 0.5) is 11.4 Å². The smallest absolute Gasteiger partial charge is 0.120 e. The zero-order valence-corrected chi connectivity index (χ0v) is 11.7. The van der Waals surface area contributed by atoms with E-state index in [0.717, 1.165) is 22.7 Å². The van der Waals surface area contributed by atoms with Crippen LogP contribution in [0.3, 0.4) is 0 Å². The molecule has 0 radical (unpaired) electrons. The van der Waals surface area contributed by atoms with Gasteiger partial charge in [-0.15, -0.1) is 0 Å². The van der Waals surface area contributed by atoms with Crippen molar-refractivity contribution in [3.63, 3.8) is 0 Å². The summed E-state index contributed by atoms with van der Waals surface area (Å²) in [6.45, 7) is 2.61. The van der Waals surface area contributed by atoms with Gasteiger partial charge in [0.1, 0.15) is 5.75 Å². The molecule has 0 aliphatic carbocycles. The van der Waals surface area contributed by atoms with Gasteiger partial charge >= 0.3 is 0 Å². The van der Waals surface area contributed by atoms with Crippen LogP contribution in [0.1, 0.15) is 11.1 Å². The Labute approximate surface area is 114 Å². The van der Waals surface area contributed by atoms with Crippen LogP contribution in [-0.4, -0.2) is 14.2 Å². The van der Waals surface area contributed by atoms with Crippen LogP contribution in [0.5, 0.6) is 5.75 Å². The summed E-state index contributed by atoms with van der Waals surface area (Å²) in [6, 6.07) is 14.3. The summed E-state index contributed by atoms with van der Waals surface area (Å²) in [7, 11) is 3.72. The Kier molecular flexibility index (Phi) is 4.07. The minimum atomic E-state index is 0.533. The second-order valence-electron chi connectivity index (χ2n) is 4.60. The number of aryl methyl sites for hydroxylation is 1. The number of nitrogens with two attached hydrogens (primary N) is 1. The van der Waals surface area contributed by atoms with Crippen molar-refractivity contribution in [1.29, 1.82) is 0 Å². The van der Waals surface area contributed by atoms with E-state index in [1.807, 2.05) is 25.2 Å². The summed E-state index contributed by atoms with van der Waals surface area (Å²) < 4.78 is 5.27. The normalized spacial score (nSPS) is 10.3. The fourth-order valence-electron chi connectivity index (χ4n) is 2.16. The van der Waals surface area contributed by atoms with Gasteiger partial charge in [-0.3, -0.25) is 0 Å². The first-order valence-electron chi connectivity index (χ1n) is 6.33. The molecule has 0 unspecified atom stereocenters. The summed E-state index contributed by atoms with van der Waals surface area (Å²) in [4.78, 5) is 2.13. The SMILES string of the molecule is COc1cccc(N(C)c2ccc(C)cc2CN)c1. The van der Waals surface area contributed by atoms with Crippen molar-refractivity contribution in [2.45, 2.75) is 13.5 Å². The number of benzene rings is 2. The van der Waals surface area contributed by atoms with Crippen molar-refractivity contribution in [3.8, 4) is 5.75 Å². The minimum Gasteiger partial charge on any atom is -0.497 e. The molecule has 0 amide bonds. The lowest BCUT2D eigenvalue weighted by Crippen LogP contribution is -2.13.